The van der Waals surface area contributed by atoms with E-state index in [-0.39, 0.29) is 5.78 Å². The van der Waals surface area contributed by atoms with Gasteiger partial charge < -0.3 is 4.74 Å². The second-order valence-corrected chi connectivity index (χ2v) is 10.0. The first-order chi connectivity index (χ1) is 16.9. The third-order valence-electron chi connectivity index (χ3n) is 6.46. The minimum absolute atomic E-state index is 0.0781. The molecule has 2 nitrogen and oxygen atoms in total. The van der Waals surface area contributed by atoms with Crippen LogP contribution in [0, 0.1) is 0 Å². The molecule has 2 atom stereocenters. The van der Waals surface area contributed by atoms with Crippen LogP contribution in [-0.4, -0.2) is 11.4 Å². The van der Waals surface area contributed by atoms with E-state index < -0.39 is 17.1 Å². The lowest BCUT2D eigenvalue weighted by Gasteiger charge is -2.43. The normalized spacial score (nSPS) is 20.3. The van der Waals surface area contributed by atoms with E-state index in [0.717, 1.165) is 33.4 Å². The lowest BCUT2D eigenvalue weighted by molar-refractivity contribution is -0.134. The summed E-state index contributed by atoms with van der Waals surface area (Å²) in [6.45, 7) is 6.19. The summed E-state index contributed by atoms with van der Waals surface area (Å²) >= 11 is 0. The number of ether oxygens (including phenoxy) is 1. The third-order valence-corrected chi connectivity index (χ3v) is 6.46. The Labute approximate surface area is 207 Å². The van der Waals surface area contributed by atoms with Gasteiger partial charge in [0.1, 0.15) is 5.60 Å². The van der Waals surface area contributed by atoms with E-state index in [1.807, 2.05) is 97.1 Å². The van der Waals surface area contributed by atoms with Crippen molar-refractivity contribution in [1.29, 1.82) is 0 Å². The Morgan fingerprint density at radius 2 is 1.09 bits per heavy atom. The van der Waals surface area contributed by atoms with Gasteiger partial charge in [0, 0.05) is 11.1 Å². The smallest absolute Gasteiger partial charge is 0.174 e. The fraction of sp³-hybridized carbons (Fsp3) is 0.182. The molecular formula is C33H30O2. The lowest BCUT2D eigenvalue weighted by atomic mass is 9.73. The first-order valence-electron chi connectivity index (χ1n) is 12.1. The first kappa shape index (κ1) is 23.0. The highest BCUT2D eigenvalue weighted by molar-refractivity contribution is 6.35. The van der Waals surface area contributed by atoms with Gasteiger partial charge in [0.2, 0.25) is 0 Å². The van der Waals surface area contributed by atoms with Crippen LogP contribution in [0.2, 0.25) is 0 Å². The minimum atomic E-state index is -1.01. The van der Waals surface area contributed by atoms with Crippen molar-refractivity contribution in [2.24, 2.45) is 0 Å². The highest BCUT2D eigenvalue weighted by atomic mass is 16.5. The van der Waals surface area contributed by atoms with Crippen LogP contribution >= 0.6 is 0 Å². The summed E-state index contributed by atoms with van der Waals surface area (Å²) in [6.07, 6.45) is 0. The molecule has 5 rings (SSSR count). The molecule has 0 aromatic heterocycles. The Balaban J connectivity index is 1.95. The van der Waals surface area contributed by atoms with Gasteiger partial charge in [-0.2, -0.15) is 0 Å². The van der Waals surface area contributed by atoms with Crippen LogP contribution in [0.1, 0.15) is 48.9 Å². The Morgan fingerprint density at radius 1 is 0.629 bits per heavy atom. The molecule has 4 aromatic carbocycles. The molecule has 0 heterocycles. The van der Waals surface area contributed by atoms with Gasteiger partial charge in [-0.3, -0.25) is 4.79 Å². The molecule has 0 bridgehead atoms. The van der Waals surface area contributed by atoms with Crippen LogP contribution in [0.3, 0.4) is 0 Å². The Kier molecular flexibility index (Phi) is 6.00. The standard InChI is InChI=1S/C33H30O2/c1-32(2,3)35-33(27-22-14-7-15-23-27)29(25-18-10-5-11-19-25)28(24-16-8-4-9-17-24)31(34)30(33)26-20-12-6-13-21-26/h4-23,30H,1-3H3/t30-,33-/m1/s1. The van der Waals surface area contributed by atoms with Crippen molar-refractivity contribution in [3.05, 3.63) is 144 Å². The van der Waals surface area contributed by atoms with Gasteiger partial charge in [0.25, 0.3) is 0 Å². The SMILES string of the molecule is CC(C)(C)O[C@]1(c2ccccc2)C(c2ccccc2)=C(c2ccccc2)C(=O)[C@H]1c1ccccc1. The van der Waals surface area contributed by atoms with Crippen molar-refractivity contribution in [2.75, 3.05) is 0 Å². The van der Waals surface area contributed by atoms with Crippen LogP contribution in [0.25, 0.3) is 11.1 Å². The zero-order valence-electron chi connectivity index (χ0n) is 20.4. The number of ketones is 1. The van der Waals surface area contributed by atoms with Gasteiger partial charge in [-0.05, 0) is 43.0 Å². The molecule has 0 unspecified atom stereocenters. The molecule has 1 aliphatic rings. The zero-order chi connectivity index (χ0) is 24.5. The van der Waals surface area contributed by atoms with Gasteiger partial charge in [-0.15, -0.1) is 0 Å². The summed E-state index contributed by atoms with van der Waals surface area (Å²) in [5.41, 5.74) is 3.94. The van der Waals surface area contributed by atoms with Crippen LogP contribution in [-0.2, 0) is 15.1 Å². The van der Waals surface area contributed by atoms with Crippen molar-refractivity contribution in [3.8, 4) is 0 Å². The summed E-state index contributed by atoms with van der Waals surface area (Å²) in [4.78, 5) is 14.6. The van der Waals surface area contributed by atoms with Gasteiger partial charge in [0.15, 0.2) is 5.78 Å². The highest BCUT2D eigenvalue weighted by Gasteiger charge is 2.58. The van der Waals surface area contributed by atoms with E-state index >= 15 is 0 Å². The number of Topliss-reactive ketones (excluding diaryl/α,β-unsaturated/α-hetero) is 1. The topological polar surface area (TPSA) is 26.3 Å². The Bertz CT molecular complexity index is 1330. The average Bonchev–Trinajstić information content (AvgIpc) is 3.13. The van der Waals surface area contributed by atoms with Crippen molar-refractivity contribution in [1.82, 2.24) is 0 Å². The summed E-state index contributed by atoms with van der Waals surface area (Å²) in [5.74, 6) is -0.454. The van der Waals surface area contributed by atoms with Gasteiger partial charge >= 0.3 is 0 Å². The Morgan fingerprint density at radius 3 is 1.60 bits per heavy atom. The second kappa shape index (κ2) is 9.13. The number of hydrogen-bond donors (Lipinski definition) is 0. The van der Waals surface area contributed by atoms with E-state index in [1.54, 1.807) is 0 Å². The molecule has 0 saturated heterocycles. The van der Waals surface area contributed by atoms with Crippen molar-refractivity contribution in [3.63, 3.8) is 0 Å². The largest absolute Gasteiger partial charge is 0.359 e. The Hall–Kier alpha value is -3.75. The third kappa shape index (κ3) is 4.15. The molecular weight excluding hydrogens is 428 g/mol. The minimum Gasteiger partial charge on any atom is -0.359 e. The fourth-order valence-corrected chi connectivity index (χ4v) is 5.32. The monoisotopic (exact) mass is 458 g/mol. The van der Waals surface area contributed by atoms with Crippen molar-refractivity contribution >= 4 is 16.9 Å². The van der Waals surface area contributed by atoms with E-state index in [9.17, 15) is 4.79 Å². The highest BCUT2D eigenvalue weighted by Crippen LogP contribution is 2.60. The molecule has 0 radical (unpaired) electrons. The fourth-order valence-electron chi connectivity index (χ4n) is 5.32. The van der Waals surface area contributed by atoms with Crippen LogP contribution in [0.15, 0.2) is 121 Å². The van der Waals surface area contributed by atoms with Gasteiger partial charge in [-0.1, -0.05) is 121 Å². The number of carbonyl (C=O) groups excluding carboxylic acids is 1. The van der Waals surface area contributed by atoms with E-state index in [1.165, 1.54) is 0 Å². The molecule has 0 fully saturated rings. The maximum absolute atomic E-state index is 14.6. The van der Waals surface area contributed by atoms with E-state index in [4.69, 9.17) is 4.74 Å². The summed E-state index contributed by atoms with van der Waals surface area (Å²) < 4.78 is 7.15. The molecule has 0 aliphatic heterocycles. The maximum Gasteiger partial charge on any atom is 0.174 e. The molecule has 0 saturated carbocycles. The molecule has 2 heteroatoms. The van der Waals surface area contributed by atoms with Gasteiger partial charge in [0.05, 0.1) is 11.5 Å². The van der Waals surface area contributed by atoms with Crippen molar-refractivity contribution in [2.45, 2.75) is 37.9 Å². The number of benzene rings is 4. The first-order valence-corrected chi connectivity index (χ1v) is 12.1. The summed E-state index contributed by atoms with van der Waals surface area (Å²) in [5, 5.41) is 0. The predicted molar refractivity (Wildman–Crippen MR) is 143 cm³/mol. The molecule has 0 amide bonds. The molecule has 0 spiro atoms. The second-order valence-electron chi connectivity index (χ2n) is 10.0. The number of allylic oxidation sites excluding steroid dienone is 1. The number of carbonyl (C=O) groups is 1. The molecule has 174 valence electrons. The summed E-state index contributed by atoms with van der Waals surface area (Å²) in [6, 6.07) is 40.5. The number of hydrogen-bond acceptors (Lipinski definition) is 2. The van der Waals surface area contributed by atoms with Crippen LogP contribution < -0.4 is 0 Å². The maximum atomic E-state index is 14.6. The average molecular weight is 459 g/mol. The van der Waals surface area contributed by atoms with Gasteiger partial charge in [-0.25, -0.2) is 0 Å². The van der Waals surface area contributed by atoms with Crippen molar-refractivity contribution < 1.29 is 9.53 Å². The summed E-state index contributed by atoms with van der Waals surface area (Å²) in [7, 11) is 0. The zero-order valence-corrected chi connectivity index (χ0v) is 20.4. The molecule has 1 aliphatic carbocycles. The number of rotatable bonds is 5. The molecule has 0 N–H and O–H groups in total. The quantitative estimate of drug-likeness (QED) is 0.307. The lowest BCUT2D eigenvalue weighted by Crippen LogP contribution is -2.43. The predicted octanol–water partition coefficient (Wildman–Crippen LogP) is 7.67. The molecule has 4 aromatic rings. The molecule has 35 heavy (non-hydrogen) atoms. The van der Waals surface area contributed by atoms with Crippen LogP contribution in [0.4, 0.5) is 0 Å². The van der Waals surface area contributed by atoms with E-state index in [0.29, 0.717) is 0 Å². The van der Waals surface area contributed by atoms with Crippen LogP contribution in [0.5, 0.6) is 0 Å². The van der Waals surface area contributed by atoms with E-state index in [2.05, 4.69) is 45.0 Å².